The van der Waals surface area contributed by atoms with Crippen molar-refractivity contribution < 1.29 is 36.6 Å². The van der Waals surface area contributed by atoms with Crippen molar-refractivity contribution in [3.8, 4) is 0 Å². The first-order chi connectivity index (χ1) is 11.2. The second-order valence-electron chi connectivity index (χ2n) is 5.34. The Bertz CT molecular complexity index is 668. The normalized spacial score (nSPS) is 18.6. The van der Waals surface area contributed by atoms with Crippen molar-refractivity contribution >= 4 is 17.6 Å². The highest BCUT2D eigenvalue weighted by atomic mass is 19.2. The number of carbonyl (C=O) groups is 2. The number of likely N-dealkylation sites (tertiary alicyclic amines) is 1. The zero-order valence-electron chi connectivity index (χ0n) is 12.4. The zero-order chi connectivity index (χ0) is 18.2. The fourth-order valence-corrected chi connectivity index (χ4v) is 2.55. The molecule has 1 aliphatic rings. The van der Waals surface area contributed by atoms with Gasteiger partial charge in [0.25, 0.3) is 0 Å². The number of aliphatic carboxylic acids is 1. The van der Waals surface area contributed by atoms with Gasteiger partial charge in [-0.25, -0.2) is 26.7 Å². The fraction of sp³-hybridized carbons (Fsp3) is 0.429. The van der Waals surface area contributed by atoms with Crippen LogP contribution in [0, 0.1) is 29.1 Å². The SMILES string of the molecule is C[C@H](Nc1c(F)c(F)c(F)c(F)c1F)C(=O)N1CCC[C@H]1C(=O)O. The predicted molar refractivity (Wildman–Crippen MR) is 71.7 cm³/mol. The maximum atomic E-state index is 13.6. The van der Waals surface area contributed by atoms with E-state index in [-0.39, 0.29) is 13.0 Å². The lowest BCUT2D eigenvalue weighted by Crippen LogP contribution is -2.47. The Hall–Kier alpha value is -2.39. The van der Waals surface area contributed by atoms with Crippen molar-refractivity contribution in [3.05, 3.63) is 29.1 Å². The fourth-order valence-electron chi connectivity index (χ4n) is 2.55. The average molecular weight is 352 g/mol. The molecule has 132 valence electrons. The maximum Gasteiger partial charge on any atom is 0.326 e. The molecule has 1 aromatic rings. The average Bonchev–Trinajstić information content (AvgIpc) is 3.04. The highest BCUT2D eigenvalue weighted by Gasteiger charge is 2.36. The Morgan fingerprint density at radius 1 is 1.08 bits per heavy atom. The van der Waals surface area contributed by atoms with Crippen LogP contribution in [0.1, 0.15) is 19.8 Å². The summed E-state index contributed by atoms with van der Waals surface area (Å²) in [5, 5.41) is 11.0. The van der Waals surface area contributed by atoms with Crippen molar-refractivity contribution in [2.45, 2.75) is 31.8 Å². The molecule has 1 saturated heterocycles. The van der Waals surface area contributed by atoms with Crippen molar-refractivity contribution in [2.75, 3.05) is 11.9 Å². The Labute approximate surface area is 133 Å². The van der Waals surface area contributed by atoms with Gasteiger partial charge < -0.3 is 15.3 Å². The van der Waals surface area contributed by atoms with Gasteiger partial charge in [-0.1, -0.05) is 0 Å². The van der Waals surface area contributed by atoms with E-state index in [1.54, 1.807) is 0 Å². The van der Waals surface area contributed by atoms with Crippen LogP contribution >= 0.6 is 0 Å². The van der Waals surface area contributed by atoms with Gasteiger partial charge in [0.1, 0.15) is 17.8 Å². The number of halogens is 5. The van der Waals surface area contributed by atoms with Gasteiger partial charge in [-0.05, 0) is 19.8 Å². The van der Waals surface area contributed by atoms with Crippen LogP contribution in [-0.2, 0) is 9.59 Å². The summed E-state index contributed by atoms with van der Waals surface area (Å²) in [5.41, 5.74) is -1.33. The van der Waals surface area contributed by atoms with Crippen LogP contribution in [0.2, 0.25) is 0 Å². The van der Waals surface area contributed by atoms with Crippen LogP contribution in [0.4, 0.5) is 27.6 Å². The molecule has 1 aliphatic heterocycles. The van der Waals surface area contributed by atoms with Gasteiger partial charge in [-0.15, -0.1) is 0 Å². The second kappa shape index (κ2) is 6.62. The summed E-state index contributed by atoms with van der Waals surface area (Å²) in [7, 11) is 0. The third kappa shape index (κ3) is 3.00. The first kappa shape index (κ1) is 18.0. The third-order valence-corrected chi connectivity index (χ3v) is 3.76. The van der Waals surface area contributed by atoms with Crippen LogP contribution in [-0.4, -0.2) is 40.5 Å². The smallest absolute Gasteiger partial charge is 0.326 e. The molecular formula is C14H13F5N2O3. The number of rotatable bonds is 4. The molecule has 0 unspecified atom stereocenters. The van der Waals surface area contributed by atoms with Gasteiger partial charge in [0, 0.05) is 6.54 Å². The van der Waals surface area contributed by atoms with Gasteiger partial charge in [0.2, 0.25) is 11.7 Å². The lowest BCUT2D eigenvalue weighted by atomic mass is 10.2. The van der Waals surface area contributed by atoms with Gasteiger partial charge in [-0.2, -0.15) is 0 Å². The molecule has 2 rings (SSSR count). The molecule has 1 amide bonds. The topological polar surface area (TPSA) is 69.6 Å². The number of carboxylic acids is 1. The maximum absolute atomic E-state index is 13.6. The molecule has 0 saturated carbocycles. The van der Waals surface area contributed by atoms with E-state index in [9.17, 15) is 31.5 Å². The van der Waals surface area contributed by atoms with E-state index in [2.05, 4.69) is 0 Å². The number of benzene rings is 1. The van der Waals surface area contributed by atoms with Crippen LogP contribution in [0.5, 0.6) is 0 Å². The molecule has 1 aromatic carbocycles. The molecule has 10 heteroatoms. The van der Waals surface area contributed by atoms with E-state index < -0.39 is 58.7 Å². The number of carboxylic acid groups (broad SMARTS) is 1. The molecule has 1 fully saturated rings. The Kier molecular flexibility index (Phi) is 4.95. The van der Waals surface area contributed by atoms with Crippen molar-refractivity contribution in [2.24, 2.45) is 0 Å². The summed E-state index contributed by atoms with van der Waals surface area (Å²) in [6.07, 6.45) is 0.647. The summed E-state index contributed by atoms with van der Waals surface area (Å²) < 4.78 is 66.5. The third-order valence-electron chi connectivity index (χ3n) is 3.76. The summed E-state index contributed by atoms with van der Waals surface area (Å²) in [6.45, 7) is 1.26. The lowest BCUT2D eigenvalue weighted by Gasteiger charge is -2.26. The number of carbonyl (C=O) groups excluding carboxylic acids is 1. The molecule has 0 radical (unpaired) electrons. The molecule has 2 atom stereocenters. The number of nitrogens with one attached hydrogen (secondary N) is 1. The minimum Gasteiger partial charge on any atom is -0.480 e. The minimum absolute atomic E-state index is 0.124. The van der Waals surface area contributed by atoms with Crippen LogP contribution in [0.3, 0.4) is 0 Å². The minimum atomic E-state index is -2.31. The van der Waals surface area contributed by atoms with Crippen LogP contribution in [0.15, 0.2) is 0 Å². The van der Waals surface area contributed by atoms with E-state index in [1.165, 1.54) is 0 Å². The van der Waals surface area contributed by atoms with E-state index in [4.69, 9.17) is 5.11 Å². The number of anilines is 1. The van der Waals surface area contributed by atoms with Gasteiger partial charge in [0.05, 0.1) is 0 Å². The summed E-state index contributed by atoms with van der Waals surface area (Å²) in [4.78, 5) is 24.3. The van der Waals surface area contributed by atoms with E-state index >= 15 is 0 Å². The molecule has 0 spiro atoms. The number of nitrogens with zero attached hydrogens (tertiary/aromatic N) is 1. The largest absolute Gasteiger partial charge is 0.480 e. The van der Waals surface area contributed by atoms with Gasteiger partial charge in [0.15, 0.2) is 23.3 Å². The quantitative estimate of drug-likeness (QED) is 0.496. The Morgan fingerprint density at radius 3 is 2.08 bits per heavy atom. The lowest BCUT2D eigenvalue weighted by molar-refractivity contribution is -0.148. The highest BCUT2D eigenvalue weighted by Crippen LogP contribution is 2.28. The van der Waals surface area contributed by atoms with Gasteiger partial charge in [-0.3, -0.25) is 4.79 Å². The van der Waals surface area contributed by atoms with Crippen LogP contribution in [0.25, 0.3) is 0 Å². The first-order valence-corrected chi connectivity index (χ1v) is 6.98. The predicted octanol–water partition coefficient (Wildman–Crippen LogP) is 2.26. The molecule has 24 heavy (non-hydrogen) atoms. The molecule has 1 heterocycles. The highest BCUT2D eigenvalue weighted by molar-refractivity contribution is 5.89. The molecular weight excluding hydrogens is 339 g/mol. The number of amides is 1. The van der Waals surface area contributed by atoms with Crippen LogP contribution < -0.4 is 5.32 Å². The number of hydrogen-bond acceptors (Lipinski definition) is 3. The Morgan fingerprint density at radius 2 is 1.58 bits per heavy atom. The second-order valence-corrected chi connectivity index (χ2v) is 5.34. The van der Waals surface area contributed by atoms with Gasteiger partial charge >= 0.3 is 5.97 Å². The van der Waals surface area contributed by atoms with E-state index in [0.29, 0.717) is 6.42 Å². The van der Waals surface area contributed by atoms with E-state index in [1.807, 2.05) is 5.32 Å². The Balaban J connectivity index is 2.26. The molecule has 0 aromatic heterocycles. The van der Waals surface area contributed by atoms with Crippen molar-refractivity contribution in [1.82, 2.24) is 4.90 Å². The molecule has 2 N–H and O–H groups in total. The summed E-state index contributed by atoms with van der Waals surface area (Å²) in [5.74, 6) is -12.8. The number of hydrogen-bond donors (Lipinski definition) is 2. The standard InChI is InChI=1S/C14H13F5N2O3/c1-5(13(22)21-4-2-3-6(21)14(23)24)20-12-10(18)8(16)7(15)9(17)11(12)19/h5-6,20H,2-4H2,1H3,(H,23,24)/t5-,6-/m0/s1. The monoisotopic (exact) mass is 352 g/mol. The first-order valence-electron chi connectivity index (χ1n) is 6.98. The van der Waals surface area contributed by atoms with Crippen molar-refractivity contribution in [3.63, 3.8) is 0 Å². The zero-order valence-corrected chi connectivity index (χ0v) is 12.4. The summed E-state index contributed by atoms with van der Waals surface area (Å²) >= 11 is 0. The molecule has 0 aliphatic carbocycles. The molecule has 5 nitrogen and oxygen atoms in total. The summed E-state index contributed by atoms with van der Waals surface area (Å²) in [6, 6.07) is -2.48. The van der Waals surface area contributed by atoms with E-state index in [0.717, 1.165) is 11.8 Å². The molecule has 0 bridgehead atoms. The van der Waals surface area contributed by atoms with Crippen molar-refractivity contribution in [1.29, 1.82) is 0 Å².